The summed E-state index contributed by atoms with van der Waals surface area (Å²) in [5, 5.41) is 10.5. The molecular formula is C26H30O5. The summed E-state index contributed by atoms with van der Waals surface area (Å²) in [6, 6.07) is 18.9. The lowest BCUT2D eigenvalue weighted by atomic mass is 9.90. The van der Waals surface area contributed by atoms with Crippen molar-refractivity contribution >= 4 is 12.4 Å². The van der Waals surface area contributed by atoms with Gasteiger partial charge < -0.3 is 14.6 Å². The van der Waals surface area contributed by atoms with Gasteiger partial charge >= 0.3 is 5.97 Å². The van der Waals surface area contributed by atoms with Crippen molar-refractivity contribution < 1.29 is 24.2 Å². The number of benzene rings is 2. The molecule has 2 aromatic carbocycles. The van der Waals surface area contributed by atoms with Gasteiger partial charge in [0.1, 0.15) is 12.2 Å². The van der Waals surface area contributed by atoms with Crippen LogP contribution in [-0.2, 0) is 20.7 Å². The van der Waals surface area contributed by atoms with Crippen LogP contribution in [-0.4, -0.2) is 35.9 Å². The van der Waals surface area contributed by atoms with E-state index in [1.54, 1.807) is 30.3 Å². The van der Waals surface area contributed by atoms with E-state index >= 15 is 0 Å². The third-order valence-electron chi connectivity index (χ3n) is 5.96. The van der Waals surface area contributed by atoms with Crippen molar-refractivity contribution in [2.75, 3.05) is 0 Å². The quantitative estimate of drug-likeness (QED) is 0.350. The van der Waals surface area contributed by atoms with Crippen molar-refractivity contribution in [2.45, 2.75) is 50.9 Å². The molecule has 2 aromatic rings. The van der Waals surface area contributed by atoms with Gasteiger partial charge in [-0.15, -0.1) is 0 Å². The van der Waals surface area contributed by atoms with Crippen LogP contribution in [0.15, 0.2) is 72.8 Å². The highest BCUT2D eigenvalue weighted by Crippen LogP contribution is 2.39. The zero-order valence-corrected chi connectivity index (χ0v) is 17.8. The lowest BCUT2D eigenvalue weighted by Crippen LogP contribution is -2.25. The number of aliphatic hydroxyl groups excluding tert-OH is 1. The second kappa shape index (κ2) is 11.5. The van der Waals surface area contributed by atoms with Gasteiger partial charge in [0.15, 0.2) is 0 Å². The monoisotopic (exact) mass is 422 g/mol. The first-order valence-electron chi connectivity index (χ1n) is 10.9. The van der Waals surface area contributed by atoms with Crippen LogP contribution in [0.5, 0.6) is 0 Å². The number of aryl methyl sites for hydroxylation is 1. The molecule has 0 aliphatic heterocycles. The van der Waals surface area contributed by atoms with Crippen LogP contribution in [0.25, 0.3) is 0 Å². The van der Waals surface area contributed by atoms with Gasteiger partial charge in [0.25, 0.3) is 6.47 Å². The van der Waals surface area contributed by atoms with Crippen molar-refractivity contribution in [3.8, 4) is 0 Å². The lowest BCUT2D eigenvalue weighted by Gasteiger charge is -2.22. The number of hydrogen-bond acceptors (Lipinski definition) is 5. The summed E-state index contributed by atoms with van der Waals surface area (Å²) in [7, 11) is 0. The van der Waals surface area contributed by atoms with E-state index in [2.05, 4.69) is 0 Å². The molecule has 1 fully saturated rings. The smallest absolute Gasteiger partial charge is 0.338 e. The van der Waals surface area contributed by atoms with Gasteiger partial charge in [-0.2, -0.15) is 0 Å². The molecule has 1 aliphatic rings. The van der Waals surface area contributed by atoms with Crippen molar-refractivity contribution in [1.29, 1.82) is 0 Å². The molecule has 5 nitrogen and oxygen atoms in total. The topological polar surface area (TPSA) is 72.8 Å². The predicted molar refractivity (Wildman–Crippen MR) is 118 cm³/mol. The molecule has 0 unspecified atom stereocenters. The van der Waals surface area contributed by atoms with Gasteiger partial charge in [0, 0.05) is 18.3 Å². The van der Waals surface area contributed by atoms with Gasteiger partial charge in [-0.25, -0.2) is 4.79 Å². The number of carbonyl (C=O) groups excluding carboxylic acids is 2. The van der Waals surface area contributed by atoms with Crippen molar-refractivity contribution in [3.05, 3.63) is 83.9 Å². The first kappa shape index (κ1) is 22.8. The normalized spacial score (nSPS) is 24.1. The second-order valence-corrected chi connectivity index (χ2v) is 7.94. The average Bonchev–Trinajstić information content (AvgIpc) is 3.13. The maximum absolute atomic E-state index is 12.6. The van der Waals surface area contributed by atoms with Gasteiger partial charge in [-0.3, -0.25) is 4.79 Å². The minimum absolute atomic E-state index is 0.0244. The molecule has 0 saturated heterocycles. The molecular weight excluding hydrogens is 392 g/mol. The molecule has 0 spiro atoms. The summed E-state index contributed by atoms with van der Waals surface area (Å²) in [6.45, 7) is 2.49. The highest BCUT2D eigenvalue weighted by atomic mass is 16.6. The molecule has 0 heterocycles. The van der Waals surface area contributed by atoms with E-state index in [9.17, 15) is 14.7 Å². The molecule has 3 rings (SSSR count). The number of rotatable bonds is 10. The van der Waals surface area contributed by atoms with Gasteiger partial charge in [-0.1, -0.05) is 67.6 Å². The van der Waals surface area contributed by atoms with Crippen LogP contribution in [0.3, 0.4) is 0 Å². The van der Waals surface area contributed by atoms with Crippen LogP contribution in [0.4, 0.5) is 0 Å². The molecule has 0 bridgehead atoms. The minimum atomic E-state index is -0.603. The van der Waals surface area contributed by atoms with Crippen LogP contribution >= 0.6 is 0 Å². The molecule has 1 N–H and O–H groups in total. The predicted octanol–water partition coefficient (Wildman–Crippen LogP) is 4.35. The highest BCUT2D eigenvalue weighted by Gasteiger charge is 2.44. The van der Waals surface area contributed by atoms with E-state index in [1.807, 2.05) is 49.4 Å². The maximum atomic E-state index is 12.6. The largest absolute Gasteiger partial charge is 0.464 e. The van der Waals surface area contributed by atoms with E-state index in [1.165, 1.54) is 5.56 Å². The van der Waals surface area contributed by atoms with Crippen LogP contribution in [0, 0.1) is 11.8 Å². The molecule has 0 radical (unpaired) electrons. The zero-order chi connectivity index (χ0) is 22.1. The summed E-state index contributed by atoms with van der Waals surface area (Å²) < 4.78 is 11.1. The van der Waals surface area contributed by atoms with Crippen molar-refractivity contribution in [3.63, 3.8) is 0 Å². The standard InChI is InChI=1S/C26H30O5/c1-2-22-23(16-15-21(28)14-13-19-9-5-3-6-10-19)25(17-24(22)30-18-27)31-26(29)20-11-7-4-8-12-20/h3-12,15-16,18,21-25,28H,2,13-14,17H2,1H3/b16-15+/t21-,22+,23+,24-,25+/m0/s1. The van der Waals surface area contributed by atoms with E-state index in [0.717, 1.165) is 12.8 Å². The summed E-state index contributed by atoms with van der Waals surface area (Å²) in [6.07, 6.45) is 4.98. The molecule has 31 heavy (non-hydrogen) atoms. The molecule has 1 aliphatic carbocycles. The summed E-state index contributed by atoms with van der Waals surface area (Å²) in [4.78, 5) is 23.6. The lowest BCUT2D eigenvalue weighted by molar-refractivity contribution is -0.135. The van der Waals surface area contributed by atoms with E-state index < -0.39 is 18.2 Å². The van der Waals surface area contributed by atoms with E-state index in [-0.39, 0.29) is 17.9 Å². The second-order valence-electron chi connectivity index (χ2n) is 7.94. The maximum Gasteiger partial charge on any atom is 0.338 e. The fourth-order valence-corrected chi connectivity index (χ4v) is 4.33. The Balaban J connectivity index is 1.68. The minimum Gasteiger partial charge on any atom is -0.464 e. The molecule has 1 saturated carbocycles. The third kappa shape index (κ3) is 6.28. The molecule has 164 valence electrons. The Morgan fingerprint density at radius 2 is 1.77 bits per heavy atom. The molecule has 0 amide bonds. The van der Waals surface area contributed by atoms with Crippen LogP contribution in [0.1, 0.15) is 42.1 Å². The van der Waals surface area contributed by atoms with Gasteiger partial charge in [0.05, 0.1) is 11.7 Å². The van der Waals surface area contributed by atoms with Gasteiger partial charge in [0.2, 0.25) is 0 Å². The zero-order valence-electron chi connectivity index (χ0n) is 17.8. The first-order valence-corrected chi connectivity index (χ1v) is 10.9. The Morgan fingerprint density at radius 1 is 1.10 bits per heavy atom. The number of ether oxygens (including phenoxy) is 2. The Hall–Kier alpha value is -2.92. The Kier molecular flexibility index (Phi) is 8.42. The van der Waals surface area contributed by atoms with Gasteiger partial charge in [-0.05, 0) is 37.0 Å². The first-order chi connectivity index (χ1) is 15.1. The van der Waals surface area contributed by atoms with E-state index in [0.29, 0.717) is 24.9 Å². The third-order valence-corrected chi connectivity index (χ3v) is 5.96. The molecule has 5 atom stereocenters. The number of aliphatic hydroxyl groups is 1. The number of esters is 1. The Bertz CT molecular complexity index is 849. The molecule has 5 heteroatoms. The van der Waals surface area contributed by atoms with Crippen molar-refractivity contribution in [1.82, 2.24) is 0 Å². The summed E-state index contributed by atoms with van der Waals surface area (Å²) >= 11 is 0. The number of hydrogen-bond donors (Lipinski definition) is 1. The van der Waals surface area contributed by atoms with E-state index in [4.69, 9.17) is 9.47 Å². The van der Waals surface area contributed by atoms with Crippen molar-refractivity contribution in [2.24, 2.45) is 11.8 Å². The Morgan fingerprint density at radius 3 is 2.42 bits per heavy atom. The Labute approximate surface area is 183 Å². The number of carbonyl (C=O) groups is 2. The highest BCUT2D eigenvalue weighted by molar-refractivity contribution is 5.89. The fourth-order valence-electron chi connectivity index (χ4n) is 4.33. The average molecular weight is 423 g/mol. The molecule has 0 aromatic heterocycles. The van der Waals surface area contributed by atoms with Crippen LogP contribution in [0.2, 0.25) is 0 Å². The fraction of sp³-hybridized carbons (Fsp3) is 0.385. The summed E-state index contributed by atoms with van der Waals surface area (Å²) in [5.41, 5.74) is 1.66. The summed E-state index contributed by atoms with van der Waals surface area (Å²) in [5.74, 6) is -0.499. The van der Waals surface area contributed by atoms with Crippen LogP contribution < -0.4 is 0 Å². The SMILES string of the molecule is CC[C@@H]1[C@@H](/C=C/[C@@H](O)CCc2ccccc2)[C@H](OC(=O)c2ccccc2)C[C@@H]1OC=O.